The molecule has 0 amide bonds. The van der Waals surface area contributed by atoms with E-state index in [-0.39, 0.29) is 0 Å². The Hall–Kier alpha value is -1.10. The van der Waals surface area contributed by atoms with Crippen molar-refractivity contribution in [2.24, 2.45) is 5.73 Å². The molecule has 118 valence electrons. The lowest BCUT2D eigenvalue weighted by atomic mass is 10.1. The van der Waals surface area contributed by atoms with Crippen molar-refractivity contribution in [3.05, 3.63) is 29.8 Å². The molecule has 2 rings (SSSR count). The average Bonchev–Trinajstić information content (AvgIpc) is 2.54. The molecular weight excluding hydrogens is 262 g/mol. The van der Waals surface area contributed by atoms with Gasteiger partial charge in [-0.2, -0.15) is 0 Å². The first-order chi connectivity index (χ1) is 10.3. The molecule has 0 atom stereocenters. The smallest absolute Gasteiger partial charge is 0.122 e. The second kappa shape index (κ2) is 9.03. The quantitative estimate of drug-likeness (QED) is 0.790. The van der Waals surface area contributed by atoms with Crippen molar-refractivity contribution in [2.45, 2.75) is 19.3 Å². The van der Waals surface area contributed by atoms with Gasteiger partial charge in [-0.1, -0.05) is 18.2 Å². The number of nitrogens with two attached hydrogens (primary N) is 1. The van der Waals surface area contributed by atoms with Gasteiger partial charge < -0.3 is 20.3 Å². The minimum absolute atomic E-state index is 0.805. The van der Waals surface area contributed by atoms with E-state index in [1.54, 1.807) is 7.11 Å². The van der Waals surface area contributed by atoms with Crippen molar-refractivity contribution in [2.75, 3.05) is 52.9 Å². The standard InChI is InChI=1S/C17H29N3O/c1-21-17-8-3-2-6-16(17)7-4-10-19-12-14-20(15-13-19)11-5-9-18/h2-3,6,8H,4-5,7,9-15,18H2,1H3. The summed E-state index contributed by atoms with van der Waals surface area (Å²) in [5.74, 6) is 1.02. The molecular formula is C17H29N3O. The molecule has 1 aliphatic heterocycles. The highest BCUT2D eigenvalue weighted by atomic mass is 16.5. The van der Waals surface area contributed by atoms with Gasteiger partial charge in [-0.05, 0) is 50.5 Å². The van der Waals surface area contributed by atoms with E-state index in [9.17, 15) is 0 Å². The zero-order chi connectivity index (χ0) is 14.9. The molecule has 0 aromatic heterocycles. The first kappa shape index (κ1) is 16.3. The molecule has 0 radical (unpaired) electrons. The maximum absolute atomic E-state index is 5.57. The summed E-state index contributed by atoms with van der Waals surface area (Å²) in [7, 11) is 1.75. The third-order valence-corrected chi connectivity index (χ3v) is 4.26. The molecule has 1 aromatic rings. The highest BCUT2D eigenvalue weighted by molar-refractivity contribution is 5.33. The van der Waals surface area contributed by atoms with Gasteiger partial charge in [0.15, 0.2) is 0 Å². The van der Waals surface area contributed by atoms with E-state index in [4.69, 9.17) is 10.5 Å². The van der Waals surface area contributed by atoms with Gasteiger partial charge in [0, 0.05) is 26.2 Å². The number of hydrogen-bond acceptors (Lipinski definition) is 4. The average molecular weight is 291 g/mol. The van der Waals surface area contributed by atoms with E-state index >= 15 is 0 Å². The summed E-state index contributed by atoms with van der Waals surface area (Å²) in [5, 5.41) is 0. The van der Waals surface area contributed by atoms with Crippen molar-refractivity contribution in [1.82, 2.24) is 9.80 Å². The van der Waals surface area contributed by atoms with E-state index in [0.29, 0.717) is 0 Å². The molecule has 4 heteroatoms. The van der Waals surface area contributed by atoms with Gasteiger partial charge in [-0.15, -0.1) is 0 Å². The summed E-state index contributed by atoms with van der Waals surface area (Å²) in [4.78, 5) is 5.11. The van der Waals surface area contributed by atoms with Crippen molar-refractivity contribution in [1.29, 1.82) is 0 Å². The normalized spacial score (nSPS) is 17.0. The van der Waals surface area contributed by atoms with Crippen LogP contribution in [0.15, 0.2) is 24.3 Å². The molecule has 0 bridgehead atoms. The van der Waals surface area contributed by atoms with Crippen molar-refractivity contribution >= 4 is 0 Å². The molecule has 0 aliphatic carbocycles. The van der Waals surface area contributed by atoms with Crippen LogP contribution in [0.4, 0.5) is 0 Å². The molecule has 4 nitrogen and oxygen atoms in total. The Kier molecular flexibility index (Phi) is 7.00. The largest absolute Gasteiger partial charge is 0.496 e. The molecule has 0 spiro atoms. The topological polar surface area (TPSA) is 41.7 Å². The van der Waals surface area contributed by atoms with Gasteiger partial charge in [0.2, 0.25) is 0 Å². The molecule has 1 aliphatic rings. The van der Waals surface area contributed by atoms with Crippen LogP contribution in [0.5, 0.6) is 5.75 Å². The van der Waals surface area contributed by atoms with Crippen LogP contribution in [0.1, 0.15) is 18.4 Å². The maximum atomic E-state index is 5.57. The molecule has 1 heterocycles. The lowest BCUT2D eigenvalue weighted by molar-refractivity contribution is 0.131. The maximum Gasteiger partial charge on any atom is 0.122 e. The molecule has 2 N–H and O–H groups in total. The van der Waals surface area contributed by atoms with E-state index < -0.39 is 0 Å². The van der Waals surface area contributed by atoms with Crippen LogP contribution >= 0.6 is 0 Å². The van der Waals surface area contributed by atoms with Crippen LogP contribution in [0, 0.1) is 0 Å². The molecule has 1 saturated heterocycles. The molecule has 0 unspecified atom stereocenters. The van der Waals surface area contributed by atoms with Crippen molar-refractivity contribution < 1.29 is 4.74 Å². The Morgan fingerprint density at radius 1 is 1.00 bits per heavy atom. The van der Waals surface area contributed by atoms with Crippen molar-refractivity contribution in [3.8, 4) is 5.75 Å². The van der Waals surface area contributed by atoms with Crippen LogP contribution in [0.25, 0.3) is 0 Å². The van der Waals surface area contributed by atoms with E-state index in [2.05, 4.69) is 21.9 Å². The molecule has 21 heavy (non-hydrogen) atoms. The van der Waals surface area contributed by atoms with Gasteiger partial charge in [-0.25, -0.2) is 0 Å². The number of benzene rings is 1. The predicted molar refractivity (Wildman–Crippen MR) is 87.9 cm³/mol. The molecule has 1 fully saturated rings. The summed E-state index contributed by atoms with van der Waals surface area (Å²) < 4.78 is 5.41. The highest BCUT2D eigenvalue weighted by Crippen LogP contribution is 2.19. The van der Waals surface area contributed by atoms with Gasteiger partial charge in [-0.3, -0.25) is 0 Å². The number of methoxy groups -OCH3 is 1. The van der Waals surface area contributed by atoms with E-state index in [1.807, 2.05) is 12.1 Å². The fourth-order valence-corrected chi connectivity index (χ4v) is 2.95. The minimum Gasteiger partial charge on any atom is -0.496 e. The van der Waals surface area contributed by atoms with Crippen LogP contribution < -0.4 is 10.5 Å². The van der Waals surface area contributed by atoms with E-state index in [1.165, 1.54) is 44.7 Å². The van der Waals surface area contributed by atoms with Gasteiger partial charge in [0.25, 0.3) is 0 Å². The summed E-state index contributed by atoms with van der Waals surface area (Å²) >= 11 is 0. The number of ether oxygens (including phenoxy) is 1. The number of aryl methyl sites for hydroxylation is 1. The number of piperazine rings is 1. The summed E-state index contributed by atoms with van der Waals surface area (Å²) in [6.07, 6.45) is 3.41. The zero-order valence-corrected chi connectivity index (χ0v) is 13.3. The van der Waals surface area contributed by atoms with Crippen LogP contribution in [0.3, 0.4) is 0 Å². The van der Waals surface area contributed by atoms with Gasteiger partial charge >= 0.3 is 0 Å². The van der Waals surface area contributed by atoms with Gasteiger partial charge in [0.1, 0.15) is 5.75 Å². The van der Waals surface area contributed by atoms with Crippen LogP contribution in [-0.4, -0.2) is 62.7 Å². The Morgan fingerprint density at radius 2 is 1.62 bits per heavy atom. The Bertz CT molecular complexity index is 403. The number of nitrogens with zero attached hydrogens (tertiary/aromatic N) is 2. The first-order valence-corrected chi connectivity index (χ1v) is 8.10. The fourth-order valence-electron chi connectivity index (χ4n) is 2.95. The summed E-state index contributed by atoms with van der Waals surface area (Å²) in [6, 6.07) is 8.34. The number of hydrogen-bond donors (Lipinski definition) is 1. The van der Waals surface area contributed by atoms with Crippen molar-refractivity contribution in [3.63, 3.8) is 0 Å². The SMILES string of the molecule is COc1ccccc1CCCN1CCN(CCCN)CC1. The fraction of sp³-hybridized carbons (Fsp3) is 0.647. The monoisotopic (exact) mass is 291 g/mol. The molecule has 1 aromatic carbocycles. The number of rotatable bonds is 8. The summed E-state index contributed by atoms with van der Waals surface area (Å²) in [6.45, 7) is 7.91. The number of para-hydroxylation sites is 1. The third kappa shape index (κ3) is 5.30. The Labute approximate surface area is 128 Å². The van der Waals surface area contributed by atoms with Crippen LogP contribution in [-0.2, 0) is 6.42 Å². The Balaban J connectivity index is 1.66. The summed E-state index contributed by atoms with van der Waals surface area (Å²) in [5.41, 5.74) is 6.89. The zero-order valence-electron chi connectivity index (χ0n) is 13.3. The second-order valence-electron chi connectivity index (χ2n) is 5.74. The lowest BCUT2D eigenvalue weighted by Gasteiger charge is -2.34. The van der Waals surface area contributed by atoms with Gasteiger partial charge in [0.05, 0.1) is 7.11 Å². The second-order valence-corrected chi connectivity index (χ2v) is 5.74. The lowest BCUT2D eigenvalue weighted by Crippen LogP contribution is -2.47. The highest BCUT2D eigenvalue weighted by Gasteiger charge is 2.15. The molecule has 0 saturated carbocycles. The predicted octanol–water partition coefficient (Wildman–Crippen LogP) is 1.59. The minimum atomic E-state index is 0.805. The van der Waals surface area contributed by atoms with Crippen LogP contribution in [0.2, 0.25) is 0 Å². The third-order valence-electron chi connectivity index (χ3n) is 4.26. The first-order valence-electron chi connectivity index (χ1n) is 8.10. The Morgan fingerprint density at radius 3 is 2.24 bits per heavy atom. The van der Waals surface area contributed by atoms with E-state index in [0.717, 1.165) is 31.7 Å².